The predicted octanol–water partition coefficient (Wildman–Crippen LogP) is 1.51. The molecule has 1 saturated heterocycles. The number of nitrogens with one attached hydrogen (secondary N) is 1. The third kappa shape index (κ3) is 4.05. The molecule has 1 aromatic rings. The summed E-state index contributed by atoms with van der Waals surface area (Å²) < 4.78 is 5.31. The van der Waals surface area contributed by atoms with E-state index in [2.05, 4.69) is 5.32 Å². The molecule has 2 heterocycles. The molecule has 2 rings (SSSR count). The molecule has 0 bridgehead atoms. The van der Waals surface area contributed by atoms with Gasteiger partial charge in [-0.2, -0.15) is 0 Å². The normalized spacial score (nSPS) is 15.8. The maximum absolute atomic E-state index is 11.8. The molecule has 0 saturated carbocycles. The average Bonchev–Trinajstić information content (AvgIpc) is 2.98. The Bertz CT molecular complexity index is 441. The fourth-order valence-corrected chi connectivity index (χ4v) is 3.02. The van der Waals surface area contributed by atoms with Gasteiger partial charge in [0, 0.05) is 39.3 Å². The van der Waals surface area contributed by atoms with Gasteiger partial charge >= 0.3 is 0 Å². The lowest BCUT2D eigenvalue weighted by Crippen LogP contribution is -2.46. The maximum Gasteiger partial charge on any atom is 0.261 e. The quantitative estimate of drug-likeness (QED) is 0.896. The fraction of sp³-hybridized carbons (Fsp3) is 0.571. The van der Waals surface area contributed by atoms with Gasteiger partial charge in [0.15, 0.2) is 0 Å². The number of hydrogen-bond donors (Lipinski definition) is 1. The monoisotopic (exact) mass is 296 g/mol. The molecule has 0 aromatic carbocycles. The number of hydrogen-bond acceptors (Lipinski definition) is 4. The molecule has 6 heteroatoms. The second-order valence-electron chi connectivity index (χ2n) is 4.79. The largest absolute Gasteiger partial charge is 0.381 e. The standard InChI is InChI=1S/C14H20N2O3S/c1-11(17)16(12-4-8-19-9-5-12)7-6-15-14(18)13-3-2-10-20-13/h2-3,10,12H,4-9H2,1H3,(H,15,18). The van der Waals surface area contributed by atoms with Gasteiger partial charge in [-0.25, -0.2) is 0 Å². The fourth-order valence-electron chi connectivity index (χ4n) is 2.38. The number of ether oxygens (including phenoxy) is 1. The number of thiophene rings is 1. The van der Waals surface area contributed by atoms with E-state index < -0.39 is 0 Å². The van der Waals surface area contributed by atoms with Crippen molar-refractivity contribution in [3.05, 3.63) is 22.4 Å². The van der Waals surface area contributed by atoms with E-state index in [1.165, 1.54) is 11.3 Å². The van der Waals surface area contributed by atoms with Gasteiger partial charge in [0.2, 0.25) is 5.91 Å². The molecule has 5 nitrogen and oxygen atoms in total. The lowest BCUT2D eigenvalue weighted by atomic mass is 10.1. The van der Waals surface area contributed by atoms with Crippen LogP contribution in [0, 0.1) is 0 Å². The first-order valence-corrected chi connectivity index (χ1v) is 7.73. The van der Waals surface area contributed by atoms with Crippen molar-refractivity contribution in [2.75, 3.05) is 26.3 Å². The zero-order valence-corrected chi connectivity index (χ0v) is 12.4. The molecule has 0 radical (unpaired) electrons. The molecule has 1 N–H and O–H groups in total. The Morgan fingerprint density at radius 2 is 2.20 bits per heavy atom. The zero-order valence-electron chi connectivity index (χ0n) is 11.6. The molecule has 20 heavy (non-hydrogen) atoms. The third-order valence-electron chi connectivity index (χ3n) is 3.42. The van der Waals surface area contributed by atoms with Crippen LogP contribution in [-0.4, -0.2) is 49.1 Å². The Morgan fingerprint density at radius 1 is 1.45 bits per heavy atom. The van der Waals surface area contributed by atoms with Gasteiger partial charge in [-0.3, -0.25) is 9.59 Å². The van der Waals surface area contributed by atoms with Crippen molar-refractivity contribution >= 4 is 23.2 Å². The van der Waals surface area contributed by atoms with E-state index in [1.807, 2.05) is 16.3 Å². The molecule has 110 valence electrons. The minimum absolute atomic E-state index is 0.0577. The molecular formula is C14H20N2O3S. The lowest BCUT2D eigenvalue weighted by molar-refractivity contribution is -0.132. The molecule has 1 aliphatic rings. The first kappa shape index (κ1) is 15.0. The van der Waals surface area contributed by atoms with Crippen LogP contribution in [0.4, 0.5) is 0 Å². The van der Waals surface area contributed by atoms with Crippen molar-refractivity contribution in [3.8, 4) is 0 Å². The number of nitrogens with zero attached hydrogens (tertiary/aromatic N) is 1. The van der Waals surface area contributed by atoms with Crippen LogP contribution in [0.1, 0.15) is 29.4 Å². The average molecular weight is 296 g/mol. The van der Waals surface area contributed by atoms with Crippen LogP contribution < -0.4 is 5.32 Å². The highest BCUT2D eigenvalue weighted by atomic mass is 32.1. The second-order valence-corrected chi connectivity index (χ2v) is 5.74. The summed E-state index contributed by atoms with van der Waals surface area (Å²) in [6, 6.07) is 3.88. The molecule has 2 amide bonds. The van der Waals surface area contributed by atoms with E-state index in [-0.39, 0.29) is 17.9 Å². The van der Waals surface area contributed by atoms with Crippen LogP contribution in [0.5, 0.6) is 0 Å². The van der Waals surface area contributed by atoms with Gasteiger partial charge in [0.05, 0.1) is 4.88 Å². The van der Waals surface area contributed by atoms with Crippen LogP contribution in [0.15, 0.2) is 17.5 Å². The van der Waals surface area contributed by atoms with E-state index >= 15 is 0 Å². The van der Waals surface area contributed by atoms with Crippen molar-refractivity contribution < 1.29 is 14.3 Å². The highest BCUT2D eigenvalue weighted by Gasteiger charge is 2.23. The van der Waals surface area contributed by atoms with Gasteiger partial charge in [-0.05, 0) is 24.3 Å². The van der Waals surface area contributed by atoms with Gasteiger partial charge in [0.1, 0.15) is 0 Å². The Kier molecular flexibility index (Phi) is 5.55. The molecule has 1 aromatic heterocycles. The van der Waals surface area contributed by atoms with Crippen molar-refractivity contribution in [2.24, 2.45) is 0 Å². The van der Waals surface area contributed by atoms with Gasteiger partial charge in [0.25, 0.3) is 5.91 Å². The third-order valence-corrected chi connectivity index (χ3v) is 4.29. The zero-order chi connectivity index (χ0) is 14.4. The van der Waals surface area contributed by atoms with Crippen LogP contribution >= 0.6 is 11.3 Å². The Morgan fingerprint density at radius 3 is 2.80 bits per heavy atom. The number of amides is 2. The minimum atomic E-state index is -0.0736. The van der Waals surface area contributed by atoms with Crippen LogP contribution in [-0.2, 0) is 9.53 Å². The summed E-state index contributed by atoms with van der Waals surface area (Å²) in [6.45, 7) is 4.02. The smallest absolute Gasteiger partial charge is 0.261 e. The SMILES string of the molecule is CC(=O)N(CCNC(=O)c1cccs1)C1CCOCC1. The lowest BCUT2D eigenvalue weighted by Gasteiger charge is -2.33. The predicted molar refractivity (Wildman–Crippen MR) is 77.9 cm³/mol. The number of carbonyl (C=O) groups excluding carboxylic acids is 2. The maximum atomic E-state index is 11.8. The molecule has 1 fully saturated rings. The first-order valence-electron chi connectivity index (χ1n) is 6.85. The summed E-state index contributed by atoms with van der Waals surface area (Å²) >= 11 is 1.42. The van der Waals surface area contributed by atoms with E-state index in [4.69, 9.17) is 4.74 Å². The van der Waals surface area contributed by atoms with Crippen molar-refractivity contribution in [1.82, 2.24) is 10.2 Å². The summed E-state index contributed by atoms with van der Waals surface area (Å²) in [7, 11) is 0. The summed E-state index contributed by atoms with van der Waals surface area (Å²) in [5, 5.41) is 4.73. The van der Waals surface area contributed by atoms with E-state index in [9.17, 15) is 9.59 Å². The molecule has 0 unspecified atom stereocenters. The highest BCUT2D eigenvalue weighted by Crippen LogP contribution is 2.14. The number of carbonyl (C=O) groups is 2. The second kappa shape index (κ2) is 7.40. The molecule has 0 spiro atoms. The molecule has 0 atom stereocenters. The van der Waals surface area contributed by atoms with Crippen molar-refractivity contribution in [1.29, 1.82) is 0 Å². The van der Waals surface area contributed by atoms with Crippen LogP contribution in [0.25, 0.3) is 0 Å². The van der Waals surface area contributed by atoms with Gasteiger partial charge in [-0.1, -0.05) is 6.07 Å². The van der Waals surface area contributed by atoms with Gasteiger partial charge < -0.3 is 15.0 Å². The minimum Gasteiger partial charge on any atom is -0.381 e. The summed E-state index contributed by atoms with van der Waals surface area (Å²) in [6.07, 6.45) is 1.75. The van der Waals surface area contributed by atoms with E-state index in [1.54, 1.807) is 13.0 Å². The van der Waals surface area contributed by atoms with E-state index in [0.29, 0.717) is 31.2 Å². The van der Waals surface area contributed by atoms with Crippen LogP contribution in [0.2, 0.25) is 0 Å². The Labute approximate surface area is 122 Å². The highest BCUT2D eigenvalue weighted by molar-refractivity contribution is 7.12. The van der Waals surface area contributed by atoms with Crippen molar-refractivity contribution in [2.45, 2.75) is 25.8 Å². The summed E-state index contributed by atoms with van der Waals surface area (Å²) in [4.78, 5) is 26.1. The summed E-state index contributed by atoms with van der Waals surface area (Å²) in [5.74, 6) is -0.0160. The van der Waals surface area contributed by atoms with Crippen LogP contribution in [0.3, 0.4) is 0 Å². The number of rotatable bonds is 5. The summed E-state index contributed by atoms with van der Waals surface area (Å²) in [5.41, 5.74) is 0. The molecular weight excluding hydrogens is 276 g/mol. The molecule has 1 aliphatic heterocycles. The topological polar surface area (TPSA) is 58.6 Å². The van der Waals surface area contributed by atoms with E-state index in [0.717, 1.165) is 12.8 Å². The van der Waals surface area contributed by atoms with Gasteiger partial charge in [-0.15, -0.1) is 11.3 Å². The Hall–Kier alpha value is -1.40. The van der Waals surface area contributed by atoms with Crippen molar-refractivity contribution in [3.63, 3.8) is 0 Å². The molecule has 0 aliphatic carbocycles. The Balaban J connectivity index is 1.80. The first-order chi connectivity index (χ1) is 9.68.